The lowest BCUT2D eigenvalue weighted by Crippen LogP contribution is -2.38. The smallest absolute Gasteiger partial charge is 0.211 e. The quantitative estimate of drug-likeness (QED) is 0.841. The lowest BCUT2D eigenvalue weighted by Gasteiger charge is -2.22. The zero-order valence-corrected chi connectivity index (χ0v) is 13.0. The zero-order valence-electron chi connectivity index (χ0n) is 11.4. The van der Waals surface area contributed by atoms with E-state index in [-0.39, 0.29) is 11.7 Å². The van der Waals surface area contributed by atoms with Crippen molar-refractivity contribution in [3.63, 3.8) is 0 Å². The van der Waals surface area contributed by atoms with Gasteiger partial charge in [0.2, 0.25) is 10.0 Å². The molecule has 20 heavy (non-hydrogen) atoms. The van der Waals surface area contributed by atoms with Gasteiger partial charge in [0.15, 0.2) is 0 Å². The van der Waals surface area contributed by atoms with Crippen LogP contribution < -0.4 is 10.0 Å². The first-order valence-corrected chi connectivity index (χ1v) is 9.01. The number of rotatable bonds is 6. The molecule has 0 aromatic heterocycles. The molecule has 1 atom stereocenters. The van der Waals surface area contributed by atoms with Crippen LogP contribution in [0.4, 0.5) is 0 Å². The molecule has 0 aliphatic carbocycles. The Balaban J connectivity index is 1.75. The van der Waals surface area contributed by atoms with Crippen molar-refractivity contribution in [3.05, 3.63) is 34.9 Å². The van der Waals surface area contributed by atoms with E-state index in [1.165, 1.54) is 0 Å². The topological polar surface area (TPSA) is 58.2 Å². The molecule has 0 radical (unpaired) electrons. The highest BCUT2D eigenvalue weighted by molar-refractivity contribution is 7.89. The Labute approximate surface area is 126 Å². The molecule has 2 rings (SSSR count). The van der Waals surface area contributed by atoms with Crippen LogP contribution in [0, 0.1) is 5.92 Å². The van der Waals surface area contributed by atoms with Crippen LogP contribution in [0.2, 0.25) is 5.02 Å². The molecule has 0 saturated carbocycles. The summed E-state index contributed by atoms with van der Waals surface area (Å²) in [7, 11) is -3.18. The molecule has 1 heterocycles. The number of hydrogen-bond donors (Lipinski definition) is 2. The summed E-state index contributed by atoms with van der Waals surface area (Å²) < 4.78 is 26.6. The maximum Gasteiger partial charge on any atom is 0.211 e. The van der Waals surface area contributed by atoms with Crippen molar-refractivity contribution in [2.24, 2.45) is 5.92 Å². The van der Waals surface area contributed by atoms with Crippen molar-refractivity contribution < 1.29 is 8.42 Å². The third-order valence-corrected chi connectivity index (χ3v) is 5.31. The Morgan fingerprint density at radius 2 is 2.05 bits per heavy atom. The summed E-state index contributed by atoms with van der Waals surface area (Å²) in [4.78, 5) is 0. The van der Waals surface area contributed by atoms with E-state index in [0.29, 0.717) is 18.0 Å². The number of sulfonamides is 1. The van der Waals surface area contributed by atoms with Gasteiger partial charge in [0.05, 0.1) is 5.75 Å². The van der Waals surface area contributed by atoms with E-state index in [1.54, 1.807) is 0 Å². The van der Waals surface area contributed by atoms with Gasteiger partial charge in [0.1, 0.15) is 0 Å². The fraction of sp³-hybridized carbons (Fsp3) is 0.571. The molecule has 6 heteroatoms. The molecule has 1 aliphatic heterocycles. The SMILES string of the molecule is O=S(=O)(CC1CCCNC1)NCCc1ccc(Cl)cc1. The first-order valence-electron chi connectivity index (χ1n) is 6.98. The molecule has 1 aromatic carbocycles. The van der Waals surface area contributed by atoms with E-state index >= 15 is 0 Å². The standard InChI is InChI=1S/C14H21ClN2O2S/c15-14-5-3-12(4-6-14)7-9-17-20(18,19)11-13-2-1-8-16-10-13/h3-6,13,16-17H,1-2,7-11H2. The van der Waals surface area contributed by atoms with Crippen LogP contribution >= 0.6 is 11.6 Å². The molecule has 4 nitrogen and oxygen atoms in total. The highest BCUT2D eigenvalue weighted by Gasteiger charge is 2.20. The second-order valence-electron chi connectivity index (χ2n) is 5.26. The Kier molecular flexibility index (Phi) is 5.84. The first-order chi connectivity index (χ1) is 9.55. The van der Waals surface area contributed by atoms with Gasteiger partial charge in [-0.2, -0.15) is 0 Å². The van der Waals surface area contributed by atoms with Crippen LogP contribution in [0.25, 0.3) is 0 Å². The fourth-order valence-corrected chi connectivity index (χ4v) is 4.00. The predicted molar refractivity (Wildman–Crippen MR) is 82.5 cm³/mol. The van der Waals surface area contributed by atoms with Crippen molar-refractivity contribution >= 4 is 21.6 Å². The molecule has 0 bridgehead atoms. The van der Waals surface area contributed by atoms with Crippen LogP contribution in [0.1, 0.15) is 18.4 Å². The van der Waals surface area contributed by atoms with Crippen LogP contribution in [0.15, 0.2) is 24.3 Å². The van der Waals surface area contributed by atoms with Gasteiger partial charge in [-0.1, -0.05) is 23.7 Å². The Bertz CT molecular complexity index is 510. The minimum absolute atomic E-state index is 0.223. The number of nitrogens with one attached hydrogen (secondary N) is 2. The van der Waals surface area contributed by atoms with Gasteiger partial charge in [0, 0.05) is 11.6 Å². The van der Waals surface area contributed by atoms with E-state index in [0.717, 1.165) is 31.5 Å². The Morgan fingerprint density at radius 3 is 2.70 bits per heavy atom. The maximum absolute atomic E-state index is 12.0. The van der Waals surface area contributed by atoms with Gasteiger partial charge in [-0.3, -0.25) is 0 Å². The van der Waals surface area contributed by atoms with Crippen molar-refractivity contribution in [1.29, 1.82) is 0 Å². The van der Waals surface area contributed by atoms with Crippen molar-refractivity contribution in [2.45, 2.75) is 19.3 Å². The molecule has 1 fully saturated rings. The lowest BCUT2D eigenvalue weighted by atomic mass is 10.0. The first kappa shape index (κ1) is 15.8. The van der Waals surface area contributed by atoms with Crippen LogP contribution in [-0.2, 0) is 16.4 Å². The van der Waals surface area contributed by atoms with Gasteiger partial charge in [-0.25, -0.2) is 13.1 Å². The molecule has 1 aliphatic rings. The molecular formula is C14H21ClN2O2S. The molecule has 1 aromatic rings. The third-order valence-electron chi connectivity index (χ3n) is 3.50. The molecule has 0 amide bonds. The van der Waals surface area contributed by atoms with Gasteiger partial charge in [0.25, 0.3) is 0 Å². The minimum Gasteiger partial charge on any atom is -0.316 e. The second-order valence-corrected chi connectivity index (χ2v) is 7.55. The molecule has 0 spiro atoms. The van der Waals surface area contributed by atoms with E-state index in [1.807, 2.05) is 24.3 Å². The van der Waals surface area contributed by atoms with E-state index in [4.69, 9.17) is 11.6 Å². The highest BCUT2D eigenvalue weighted by atomic mass is 35.5. The van der Waals surface area contributed by atoms with E-state index in [2.05, 4.69) is 10.0 Å². The van der Waals surface area contributed by atoms with Gasteiger partial charge in [-0.05, 0) is 56.0 Å². The normalized spacial score (nSPS) is 19.9. The Hall–Kier alpha value is -0.620. The van der Waals surface area contributed by atoms with E-state index < -0.39 is 10.0 Å². The largest absolute Gasteiger partial charge is 0.316 e. The zero-order chi connectivity index (χ0) is 14.4. The average molecular weight is 317 g/mol. The van der Waals surface area contributed by atoms with E-state index in [9.17, 15) is 8.42 Å². The van der Waals surface area contributed by atoms with Gasteiger partial charge >= 0.3 is 0 Å². The minimum atomic E-state index is -3.18. The average Bonchev–Trinajstić information content (AvgIpc) is 2.41. The predicted octanol–water partition coefficient (Wildman–Crippen LogP) is 1.80. The van der Waals surface area contributed by atoms with Gasteiger partial charge in [-0.15, -0.1) is 0 Å². The van der Waals surface area contributed by atoms with Crippen molar-refractivity contribution in [2.75, 3.05) is 25.4 Å². The molecule has 1 unspecified atom stereocenters. The Morgan fingerprint density at radius 1 is 1.30 bits per heavy atom. The summed E-state index contributed by atoms with van der Waals surface area (Å²) in [6, 6.07) is 7.47. The number of halogens is 1. The highest BCUT2D eigenvalue weighted by Crippen LogP contribution is 2.12. The summed E-state index contributed by atoms with van der Waals surface area (Å²) in [5.74, 6) is 0.456. The summed E-state index contributed by atoms with van der Waals surface area (Å²) in [5.41, 5.74) is 1.08. The summed E-state index contributed by atoms with van der Waals surface area (Å²) >= 11 is 5.81. The maximum atomic E-state index is 12.0. The summed E-state index contributed by atoms with van der Waals surface area (Å²) in [6.07, 6.45) is 2.73. The van der Waals surface area contributed by atoms with Crippen molar-refractivity contribution in [3.8, 4) is 0 Å². The molecule has 2 N–H and O–H groups in total. The lowest BCUT2D eigenvalue weighted by molar-refractivity contribution is 0.403. The summed E-state index contributed by atoms with van der Waals surface area (Å²) in [6.45, 7) is 2.24. The number of piperidine rings is 1. The summed E-state index contributed by atoms with van der Waals surface area (Å²) in [5, 5.41) is 3.93. The molecule has 1 saturated heterocycles. The van der Waals surface area contributed by atoms with Crippen LogP contribution in [0.5, 0.6) is 0 Å². The van der Waals surface area contributed by atoms with Crippen molar-refractivity contribution in [1.82, 2.24) is 10.0 Å². The van der Waals surface area contributed by atoms with Gasteiger partial charge < -0.3 is 5.32 Å². The third kappa shape index (κ3) is 5.40. The van der Waals surface area contributed by atoms with Crippen LogP contribution in [-0.4, -0.2) is 33.8 Å². The monoisotopic (exact) mass is 316 g/mol. The fourth-order valence-electron chi connectivity index (χ4n) is 2.44. The number of hydrogen-bond acceptors (Lipinski definition) is 3. The molecular weight excluding hydrogens is 296 g/mol. The molecule has 112 valence electrons. The van der Waals surface area contributed by atoms with Crippen LogP contribution in [0.3, 0.4) is 0 Å². The second kappa shape index (κ2) is 7.41. The number of benzene rings is 1.